The van der Waals surface area contributed by atoms with Gasteiger partial charge in [0.15, 0.2) is 0 Å². The molecule has 0 heterocycles. The van der Waals surface area contributed by atoms with E-state index in [1.54, 1.807) is 26.2 Å². The molecule has 2 aromatic rings. The average Bonchev–Trinajstić information content (AvgIpc) is 2.53. The Hall–Kier alpha value is -2.49. The van der Waals surface area contributed by atoms with E-state index in [9.17, 15) is 4.79 Å². The van der Waals surface area contributed by atoms with E-state index in [0.29, 0.717) is 11.5 Å². The van der Waals surface area contributed by atoms with Crippen LogP contribution in [0.5, 0.6) is 11.5 Å². The van der Waals surface area contributed by atoms with Crippen molar-refractivity contribution >= 4 is 11.6 Å². The van der Waals surface area contributed by atoms with Gasteiger partial charge in [0.25, 0.3) is 0 Å². The first-order valence-electron chi connectivity index (χ1n) is 7.50. The van der Waals surface area contributed by atoms with E-state index in [1.165, 1.54) is 0 Å². The minimum absolute atomic E-state index is 0.00144. The Morgan fingerprint density at radius 3 is 2.22 bits per heavy atom. The molecule has 23 heavy (non-hydrogen) atoms. The molecule has 4 nitrogen and oxygen atoms in total. The second-order valence-corrected chi connectivity index (χ2v) is 5.65. The van der Waals surface area contributed by atoms with Crippen LogP contribution in [0.2, 0.25) is 0 Å². The maximum atomic E-state index is 12.6. The van der Waals surface area contributed by atoms with Crippen molar-refractivity contribution in [3.8, 4) is 11.5 Å². The summed E-state index contributed by atoms with van der Waals surface area (Å²) in [6.45, 7) is 4.06. The van der Waals surface area contributed by atoms with Crippen LogP contribution in [-0.4, -0.2) is 27.2 Å². The van der Waals surface area contributed by atoms with Crippen LogP contribution in [0.4, 0.5) is 5.69 Å². The van der Waals surface area contributed by atoms with E-state index in [1.807, 2.05) is 44.2 Å². The van der Waals surface area contributed by atoms with E-state index < -0.39 is 0 Å². The molecule has 122 valence electrons. The number of likely N-dealkylation sites (N-methyl/N-ethyl adjacent to an activating group) is 1. The lowest BCUT2D eigenvalue weighted by molar-refractivity contribution is -0.117. The molecular weight excluding hydrogens is 290 g/mol. The molecule has 0 atom stereocenters. The van der Waals surface area contributed by atoms with E-state index in [-0.39, 0.29) is 12.3 Å². The molecule has 0 bridgehead atoms. The normalized spacial score (nSPS) is 10.3. The number of rotatable bonds is 5. The monoisotopic (exact) mass is 313 g/mol. The molecule has 2 aromatic carbocycles. The van der Waals surface area contributed by atoms with Crippen molar-refractivity contribution in [2.45, 2.75) is 20.3 Å². The van der Waals surface area contributed by atoms with E-state index >= 15 is 0 Å². The van der Waals surface area contributed by atoms with Gasteiger partial charge in [0.1, 0.15) is 11.5 Å². The number of aryl methyl sites for hydroxylation is 2. The van der Waals surface area contributed by atoms with Crippen LogP contribution in [0.25, 0.3) is 0 Å². The molecular formula is C19H23NO3. The standard InChI is InChI=1S/C19H23NO3/c1-13-8-14(2)10-16(9-13)20(3)19(21)12-15-11-17(22-4)6-7-18(15)23-5/h6-11H,12H2,1-5H3. The SMILES string of the molecule is COc1ccc(OC)c(CC(=O)N(C)c2cc(C)cc(C)c2)c1. The summed E-state index contributed by atoms with van der Waals surface area (Å²) in [7, 11) is 5.00. The predicted octanol–water partition coefficient (Wildman–Crippen LogP) is 3.53. The van der Waals surface area contributed by atoms with Crippen molar-refractivity contribution in [1.29, 1.82) is 0 Å². The molecule has 1 amide bonds. The number of anilines is 1. The second kappa shape index (κ2) is 7.18. The van der Waals surface area contributed by atoms with Gasteiger partial charge in [-0.15, -0.1) is 0 Å². The van der Waals surface area contributed by atoms with Crippen molar-refractivity contribution in [1.82, 2.24) is 0 Å². The van der Waals surface area contributed by atoms with Crippen LogP contribution in [0.3, 0.4) is 0 Å². The second-order valence-electron chi connectivity index (χ2n) is 5.65. The average molecular weight is 313 g/mol. The van der Waals surface area contributed by atoms with Gasteiger partial charge < -0.3 is 14.4 Å². The fourth-order valence-corrected chi connectivity index (χ4v) is 2.59. The van der Waals surface area contributed by atoms with Crippen LogP contribution in [0.15, 0.2) is 36.4 Å². The van der Waals surface area contributed by atoms with Gasteiger partial charge in [0, 0.05) is 18.3 Å². The number of nitrogens with zero attached hydrogens (tertiary/aromatic N) is 1. The summed E-state index contributed by atoms with van der Waals surface area (Å²) in [5.74, 6) is 1.40. The maximum Gasteiger partial charge on any atom is 0.231 e. The first-order valence-corrected chi connectivity index (χ1v) is 7.50. The summed E-state index contributed by atoms with van der Waals surface area (Å²) < 4.78 is 10.6. The molecule has 0 N–H and O–H groups in total. The third kappa shape index (κ3) is 4.03. The predicted molar refractivity (Wildman–Crippen MR) is 92.6 cm³/mol. The molecule has 0 saturated heterocycles. The number of carbonyl (C=O) groups excluding carboxylic acids is 1. The summed E-state index contributed by atoms with van der Waals surface area (Å²) in [6.07, 6.45) is 0.254. The molecule has 0 fully saturated rings. The highest BCUT2D eigenvalue weighted by molar-refractivity contribution is 5.94. The Morgan fingerprint density at radius 1 is 1.00 bits per heavy atom. The quantitative estimate of drug-likeness (QED) is 0.847. The topological polar surface area (TPSA) is 38.8 Å². The zero-order valence-electron chi connectivity index (χ0n) is 14.3. The van der Waals surface area contributed by atoms with Gasteiger partial charge in [0.05, 0.1) is 20.6 Å². The number of hydrogen-bond donors (Lipinski definition) is 0. The number of benzene rings is 2. The fourth-order valence-electron chi connectivity index (χ4n) is 2.59. The van der Waals surface area contributed by atoms with Crippen molar-refractivity contribution in [3.05, 3.63) is 53.1 Å². The van der Waals surface area contributed by atoms with Crippen LogP contribution in [0.1, 0.15) is 16.7 Å². The first-order chi connectivity index (χ1) is 10.9. The number of amides is 1. The summed E-state index contributed by atoms with van der Waals surface area (Å²) in [6, 6.07) is 11.6. The van der Waals surface area contributed by atoms with Gasteiger partial charge in [0.2, 0.25) is 5.91 Å². The summed E-state index contributed by atoms with van der Waals surface area (Å²) in [5.41, 5.74) is 3.99. The van der Waals surface area contributed by atoms with Gasteiger partial charge in [-0.1, -0.05) is 6.07 Å². The molecule has 0 saturated carbocycles. The van der Waals surface area contributed by atoms with Gasteiger partial charge >= 0.3 is 0 Å². The van der Waals surface area contributed by atoms with Gasteiger partial charge in [-0.3, -0.25) is 4.79 Å². The van der Waals surface area contributed by atoms with Crippen molar-refractivity contribution in [2.75, 3.05) is 26.2 Å². The third-order valence-corrected chi connectivity index (χ3v) is 3.80. The largest absolute Gasteiger partial charge is 0.497 e. The van der Waals surface area contributed by atoms with Crippen LogP contribution in [-0.2, 0) is 11.2 Å². The molecule has 0 aliphatic carbocycles. The van der Waals surface area contributed by atoms with Crippen molar-refractivity contribution in [3.63, 3.8) is 0 Å². The summed E-state index contributed by atoms with van der Waals surface area (Å²) in [4.78, 5) is 14.3. The van der Waals surface area contributed by atoms with Crippen molar-refractivity contribution in [2.24, 2.45) is 0 Å². The zero-order chi connectivity index (χ0) is 17.0. The van der Waals surface area contributed by atoms with Gasteiger partial charge in [-0.05, 0) is 55.3 Å². The molecule has 0 unspecified atom stereocenters. The Morgan fingerprint density at radius 2 is 1.65 bits per heavy atom. The molecule has 0 spiro atoms. The lowest BCUT2D eigenvalue weighted by Gasteiger charge is -2.19. The Bertz CT molecular complexity index is 690. The minimum atomic E-state index is 0.00144. The number of hydrogen-bond acceptors (Lipinski definition) is 3. The lowest BCUT2D eigenvalue weighted by Crippen LogP contribution is -2.28. The van der Waals surface area contributed by atoms with Gasteiger partial charge in [-0.2, -0.15) is 0 Å². The number of methoxy groups -OCH3 is 2. The first kappa shape index (κ1) is 16.9. The third-order valence-electron chi connectivity index (χ3n) is 3.80. The van der Waals surface area contributed by atoms with Crippen LogP contribution in [0, 0.1) is 13.8 Å². The number of carbonyl (C=O) groups is 1. The zero-order valence-corrected chi connectivity index (χ0v) is 14.3. The fraction of sp³-hybridized carbons (Fsp3) is 0.316. The van der Waals surface area contributed by atoms with Crippen molar-refractivity contribution < 1.29 is 14.3 Å². The Balaban J connectivity index is 2.24. The molecule has 0 aliphatic rings. The highest BCUT2D eigenvalue weighted by Crippen LogP contribution is 2.26. The summed E-state index contributed by atoms with van der Waals surface area (Å²) >= 11 is 0. The molecule has 4 heteroatoms. The highest BCUT2D eigenvalue weighted by atomic mass is 16.5. The molecule has 0 aromatic heterocycles. The minimum Gasteiger partial charge on any atom is -0.497 e. The van der Waals surface area contributed by atoms with E-state index in [4.69, 9.17) is 9.47 Å². The lowest BCUT2D eigenvalue weighted by atomic mass is 10.1. The van der Waals surface area contributed by atoms with Crippen LogP contribution >= 0.6 is 0 Å². The van der Waals surface area contributed by atoms with E-state index in [2.05, 4.69) is 6.07 Å². The highest BCUT2D eigenvalue weighted by Gasteiger charge is 2.15. The Kier molecular flexibility index (Phi) is 5.27. The number of ether oxygens (including phenoxy) is 2. The molecule has 0 radical (unpaired) electrons. The van der Waals surface area contributed by atoms with Gasteiger partial charge in [-0.25, -0.2) is 0 Å². The molecule has 0 aliphatic heterocycles. The van der Waals surface area contributed by atoms with E-state index in [0.717, 1.165) is 22.4 Å². The molecule has 2 rings (SSSR count). The smallest absolute Gasteiger partial charge is 0.231 e. The maximum absolute atomic E-state index is 12.6. The Labute approximate surface area is 137 Å². The van der Waals surface area contributed by atoms with Crippen LogP contribution < -0.4 is 14.4 Å². The summed E-state index contributed by atoms with van der Waals surface area (Å²) in [5, 5.41) is 0.